The third-order valence-corrected chi connectivity index (χ3v) is 7.15. The quantitative estimate of drug-likeness (QED) is 0.231. The van der Waals surface area contributed by atoms with Crippen molar-refractivity contribution in [2.45, 2.75) is 50.6 Å². The third kappa shape index (κ3) is 8.44. The molecule has 0 fully saturated rings. The smallest absolute Gasteiger partial charge is 0.243 e. The van der Waals surface area contributed by atoms with Gasteiger partial charge in [0.1, 0.15) is 6.04 Å². The molecule has 1 N–H and O–H groups in total. The summed E-state index contributed by atoms with van der Waals surface area (Å²) < 4.78 is 0. The van der Waals surface area contributed by atoms with Crippen LogP contribution >= 0.6 is 23.4 Å². The normalized spacial score (nSPS) is 11.6. The Hall–Kier alpha value is -2.76. The van der Waals surface area contributed by atoms with Crippen molar-refractivity contribution in [2.24, 2.45) is 0 Å². The fourth-order valence-corrected chi connectivity index (χ4v) is 4.71. The van der Waals surface area contributed by atoms with Crippen LogP contribution < -0.4 is 5.32 Å². The zero-order valence-corrected chi connectivity index (χ0v) is 21.9. The van der Waals surface area contributed by atoms with E-state index in [0.717, 1.165) is 28.9 Å². The largest absolute Gasteiger partial charge is 0.354 e. The molecule has 0 aliphatic rings. The van der Waals surface area contributed by atoms with E-state index in [0.29, 0.717) is 18.0 Å². The average Bonchev–Trinajstić information content (AvgIpc) is 2.87. The van der Waals surface area contributed by atoms with E-state index in [-0.39, 0.29) is 24.1 Å². The molecule has 0 saturated heterocycles. The summed E-state index contributed by atoms with van der Waals surface area (Å²) in [6, 6.07) is 24.8. The molecular weight excluding hydrogens is 476 g/mol. The molecule has 1 atom stereocenters. The van der Waals surface area contributed by atoms with Crippen LogP contribution in [0.3, 0.4) is 0 Å². The number of unbranched alkanes of at least 4 members (excludes halogenated alkanes) is 1. The molecule has 0 heterocycles. The molecule has 4 nitrogen and oxygen atoms in total. The van der Waals surface area contributed by atoms with Gasteiger partial charge in [-0.3, -0.25) is 9.59 Å². The number of carbonyl (C=O) groups is 2. The van der Waals surface area contributed by atoms with Gasteiger partial charge >= 0.3 is 0 Å². The van der Waals surface area contributed by atoms with Gasteiger partial charge < -0.3 is 10.2 Å². The van der Waals surface area contributed by atoms with Gasteiger partial charge in [-0.15, -0.1) is 11.8 Å². The first-order chi connectivity index (χ1) is 17.0. The van der Waals surface area contributed by atoms with Gasteiger partial charge in [0.2, 0.25) is 11.8 Å². The molecule has 0 spiro atoms. The highest BCUT2D eigenvalue weighted by Gasteiger charge is 2.30. The number of nitrogens with one attached hydrogen (secondary N) is 1. The maximum absolute atomic E-state index is 13.6. The number of rotatable bonds is 12. The number of hydrogen-bond donors (Lipinski definition) is 1. The second-order valence-electron chi connectivity index (χ2n) is 8.56. The van der Waals surface area contributed by atoms with Gasteiger partial charge in [0.25, 0.3) is 0 Å². The molecule has 35 heavy (non-hydrogen) atoms. The van der Waals surface area contributed by atoms with E-state index in [1.165, 1.54) is 17.3 Å². The van der Waals surface area contributed by atoms with Crippen LogP contribution in [-0.4, -0.2) is 35.1 Å². The van der Waals surface area contributed by atoms with Crippen LogP contribution in [0.4, 0.5) is 0 Å². The Balaban J connectivity index is 1.88. The van der Waals surface area contributed by atoms with Gasteiger partial charge in [0, 0.05) is 29.4 Å². The summed E-state index contributed by atoms with van der Waals surface area (Å²) >= 11 is 7.95. The number of benzene rings is 3. The molecule has 0 aromatic heterocycles. The van der Waals surface area contributed by atoms with E-state index in [2.05, 4.69) is 12.2 Å². The van der Waals surface area contributed by atoms with Crippen molar-refractivity contribution in [3.63, 3.8) is 0 Å². The molecule has 0 aliphatic carbocycles. The van der Waals surface area contributed by atoms with Crippen molar-refractivity contribution < 1.29 is 9.59 Å². The Morgan fingerprint density at radius 2 is 1.66 bits per heavy atom. The number of thioether (sulfide) groups is 1. The molecule has 3 aromatic rings. The molecule has 3 aromatic carbocycles. The van der Waals surface area contributed by atoms with Crippen molar-refractivity contribution in [1.82, 2.24) is 10.2 Å². The number of halogens is 1. The summed E-state index contributed by atoms with van der Waals surface area (Å²) in [5.41, 5.74) is 3.00. The van der Waals surface area contributed by atoms with E-state index >= 15 is 0 Å². The Morgan fingerprint density at radius 1 is 0.971 bits per heavy atom. The molecule has 0 radical (unpaired) electrons. The number of carbonyl (C=O) groups excluding carboxylic acids is 2. The first kappa shape index (κ1) is 26.8. The lowest BCUT2D eigenvalue weighted by Crippen LogP contribution is -2.51. The van der Waals surface area contributed by atoms with Crippen LogP contribution in [-0.2, 0) is 22.6 Å². The molecular formula is C29H33ClN2O2S. The van der Waals surface area contributed by atoms with Gasteiger partial charge in [-0.2, -0.15) is 0 Å². The topological polar surface area (TPSA) is 49.4 Å². The van der Waals surface area contributed by atoms with Crippen molar-refractivity contribution in [3.05, 3.63) is 101 Å². The zero-order valence-electron chi connectivity index (χ0n) is 20.4. The molecule has 3 rings (SSSR count). The van der Waals surface area contributed by atoms with E-state index in [1.54, 1.807) is 4.90 Å². The fourth-order valence-electron chi connectivity index (χ4n) is 3.73. The first-order valence-corrected chi connectivity index (χ1v) is 13.4. The van der Waals surface area contributed by atoms with Crippen LogP contribution in [0, 0.1) is 6.92 Å². The molecule has 2 amide bonds. The highest BCUT2D eigenvalue weighted by Crippen LogP contribution is 2.23. The second kappa shape index (κ2) is 14.0. The van der Waals surface area contributed by atoms with Gasteiger partial charge in [-0.25, -0.2) is 0 Å². The third-order valence-electron chi connectivity index (χ3n) is 5.78. The molecule has 0 saturated carbocycles. The van der Waals surface area contributed by atoms with Gasteiger partial charge in [-0.1, -0.05) is 91.2 Å². The summed E-state index contributed by atoms with van der Waals surface area (Å²) in [5.74, 6) is 0.00577. The maximum atomic E-state index is 13.6. The molecule has 0 bridgehead atoms. The summed E-state index contributed by atoms with van der Waals surface area (Å²) in [5, 5.41) is 3.63. The average molecular weight is 509 g/mol. The minimum Gasteiger partial charge on any atom is -0.354 e. The molecule has 0 aliphatic heterocycles. The standard InChI is InChI=1S/C29H33ClN2O2S/c1-3-4-18-31-29(34)27(19-23-10-6-5-7-11-23)32(20-24-12-8-9-13-26(24)30)28(33)21-35-25-16-14-22(2)15-17-25/h5-17,27H,3-4,18-21H2,1-2H3,(H,31,34)/t27-/m1/s1. The van der Waals surface area contributed by atoms with Gasteiger partial charge in [-0.05, 0) is 42.7 Å². The lowest BCUT2D eigenvalue weighted by molar-refractivity contribution is -0.139. The second-order valence-corrected chi connectivity index (χ2v) is 10.0. The lowest BCUT2D eigenvalue weighted by atomic mass is 10.0. The Bertz CT molecular complexity index is 1090. The lowest BCUT2D eigenvalue weighted by Gasteiger charge is -2.32. The summed E-state index contributed by atoms with van der Waals surface area (Å²) in [6.07, 6.45) is 2.31. The maximum Gasteiger partial charge on any atom is 0.243 e. The Kier molecular flexibility index (Phi) is 10.7. The van der Waals surface area contributed by atoms with E-state index in [4.69, 9.17) is 11.6 Å². The monoisotopic (exact) mass is 508 g/mol. The SMILES string of the molecule is CCCCNC(=O)[C@@H](Cc1ccccc1)N(Cc1ccccc1Cl)C(=O)CSc1ccc(C)cc1. The van der Waals surface area contributed by atoms with Gasteiger partial charge in [0.15, 0.2) is 0 Å². The Labute approximate surface area is 218 Å². The number of amides is 2. The fraction of sp³-hybridized carbons (Fsp3) is 0.310. The minimum atomic E-state index is -0.642. The molecule has 184 valence electrons. The first-order valence-electron chi connectivity index (χ1n) is 12.0. The minimum absolute atomic E-state index is 0.0953. The predicted octanol–water partition coefficient (Wildman–Crippen LogP) is 6.30. The number of hydrogen-bond acceptors (Lipinski definition) is 3. The van der Waals surface area contributed by atoms with Crippen molar-refractivity contribution in [2.75, 3.05) is 12.3 Å². The van der Waals surface area contributed by atoms with Gasteiger partial charge in [0.05, 0.1) is 5.75 Å². The number of aryl methyl sites for hydroxylation is 1. The zero-order chi connectivity index (χ0) is 25.0. The van der Waals surface area contributed by atoms with Crippen LogP contribution in [0.25, 0.3) is 0 Å². The molecule has 0 unspecified atom stereocenters. The highest BCUT2D eigenvalue weighted by atomic mass is 35.5. The van der Waals surface area contributed by atoms with Crippen LogP contribution in [0.2, 0.25) is 5.02 Å². The summed E-state index contributed by atoms with van der Waals surface area (Å²) in [6.45, 7) is 4.98. The van der Waals surface area contributed by atoms with Crippen molar-refractivity contribution >= 4 is 35.2 Å². The van der Waals surface area contributed by atoms with Crippen LogP contribution in [0.1, 0.15) is 36.5 Å². The van der Waals surface area contributed by atoms with E-state index in [9.17, 15) is 9.59 Å². The number of nitrogens with zero attached hydrogens (tertiary/aromatic N) is 1. The van der Waals surface area contributed by atoms with E-state index < -0.39 is 6.04 Å². The van der Waals surface area contributed by atoms with Crippen LogP contribution in [0.5, 0.6) is 0 Å². The Morgan fingerprint density at radius 3 is 2.34 bits per heavy atom. The van der Waals surface area contributed by atoms with Crippen molar-refractivity contribution in [1.29, 1.82) is 0 Å². The summed E-state index contributed by atoms with van der Waals surface area (Å²) in [7, 11) is 0. The predicted molar refractivity (Wildman–Crippen MR) is 146 cm³/mol. The molecule has 6 heteroatoms. The van der Waals surface area contributed by atoms with E-state index in [1.807, 2.05) is 85.8 Å². The highest BCUT2D eigenvalue weighted by molar-refractivity contribution is 8.00. The summed E-state index contributed by atoms with van der Waals surface area (Å²) in [4.78, 5) is 29.8. The van der Waals surface area contributed by atoms with Crippen molar-refractivity contribution in [3.8, 4) is 0 Å². The van der Waals surface area contributed by atoms with Crippen LogP contribution in [0.15, 0.2) is 83.8 Å².